The van der Waals surface area contributed by atoms with Gasteiger partial charge in [0.05, 0.1) is 7.11 Å². The molecule has 1 amide bonds. The molecule has 3 aromatic rings. The van der Waals surface area contributed by atoms with Gasteiger partial charge in [-0.05, 0) is 38.1 Å². The van der Waals surface area contributed by atoms with Crippen molar-refractivity contribution in [3.8, 4) is 11.5 Å². The molecule has 160 valence electrons. The third-order valence-electron chi connectivity index (χ3n) is 4.58. The number of carbonyl (C=O) groups excluding carboxylic acids is 2. The lowest BCUT2D eigenvalue weighted by Gasteiger charge is -2.21. The third kappa shape index (κ3) is 6.09. The Kier molecular flexibility index (Phi) is 7.27. The number of esters is 1. The average molecular weight is 419 g/mol. The van der Waals surface area contributed by atoms with Crippen molar-refractivity contribution in [2.75, 3.05) is 12.4 Å². The van der Waals surface area contributed by atoms with Gasteiger partial charge in [-0.1, -0.05) is 54.1 Å². The molecule has 0 aromatic heterocycles. The van der Waals surface area contributed by atoms with Crippen molar-refractivity contribution in [1.82, 2.24) is 0 Å². The Balaban J connectivity index is 1.74. The maximum absolute atomic E-state index is 13.0. The number of benzene rings is 3. The summed E-state index contributed by atoms with van der Waals surface area (Å²) in [6.07, 6.45) is -2.03. The van der Waals surface area contributed by atoms with Gasteiger partial charge in [-0.2, -0.15) is 0 Å². The van der Waals surface area contributed by atoms with Crippen molar-refractivity contribution in [2.24, 2.45) is 0 Å². The summed E-state index contributed by atoms with van der Waals surface area (Å²) in [5.74, 6) is 0.0314. The van der Waals surface area contributed by atoms with Crippen LogP contribution >= 0.6 is 0 Å². The zero-order valence-corrected chi connectivity index (χ0v) is 17.7. The van der Waals surface area contributed by atoms with Crippen molar-refractivity contribution in [3.05, 3.63) is 90.0 Å². The molecule has 0 aliphatic heterocycles. The van der Waals surface area contributed by atoms with Crippen molar-refractivity contribution < 1.29 is 23.8 Å². The van der Waals surface area contributed by atoms with Crippen LogP contribution in [0.15, 0.2) is 78.9 Å². The summed E-state index contributed by atoms with van der Waals surface area (Å²) >= 11 is 0. The highest BCUT2D eigenvalue weighted by Gasteiger charge is 2.28. The van der Waals surface area contributed by atoms with Gasteiger partial charge in [-0.15, -0.1) is 0 Å². The third-order valence-corrected chi connectivity index (χ3v) is 4.58. The van der Waals surface area contributed by atoms with Gasteiger partial charge in [0, 0.05) is 17.3 Å². The largest absolute Gasteiger partial charge is 0.497 e. The lowest BCUT2D eigenvalue weighted by molar-refractivity contribution is -0.161. The van der Waals surface area contributed by atoms with Gasteiger partial charge < -0.3 is 19.5 Å². The zero-order chi connectivity index (χ0) is 22.2. The summed E-state index contributed by atoms with van der Waals surface area (Å²) in [6, 6.07) is 23.1. The van der Waals surface area contributed by atoms with E-state index in [1.165, 1.54) is 0 Å². The summed E-state index contributed by atoms with van der Waals surface area (Å²) < 4.78 is 16.4. The van der Waals surface area contributed by atoms with Crippen LogP contribution in [-0.4, -0.2) is 25.1 Å². The quantitative estimate of drug-likeness (QED) is 0.536. The van der Waals surface area contributed by atoms with Crippen LogP contribution in [0.25, 0.3) is 0 Å². The molecule has 3 aromatic carbocycles. The predicted octanol–water partition coefficient (Wildman–Crippen LogP) is 4.69. The van der Waals surface area contributed by atoms with Gasteiger partial charge in [0.1, 0.15) is 11.5 Å². The topological polar surface area (TPSA) is 73.9 Å². The number of aryl methyl sites for hydroxylation is 1. The Morgan fingerprint density at radius 3 is 2.26 bits per heavy atom. The second-order valence-electron chi connectivity index (χ2n) is 7.02. The van der Waals surface area contributed by atoms with E-state index in [9.17, 15) is 9.59 Å². The fraction of sp³-hybridized carbons (Fsp3) is 0.200. The number of hydrogen-bond donors (Lipinski definition) is 1. The fourth-order valence-electron chi connectivity index (χ4n) is 2.89. The first-order valence-corrected chi connectivity index (χ1v) is 9.90. The maximum atomic E-state index is 13.0. The van der Waals surface area contributed by atoms with E-state index in [2.05, 4.69) is 5.32 Å². The number of methoxy groups -OCH3 is 1. The van der Waals surface area contributed by atoms with Gasteiger partial charge in [0.25, 0.3) is 5.91 Å². The van der Waals surface area contributed by atoms with Crippen molar-refractivity contribution >= 4 is 17.6 Å². The smallest absolute Gasteiger partial charge is 0.348 e. The highest BCUT2D eigenvalue weighted by Crippen LogP contribution is 2.23. The molecule has 3 rings (SSSR count). The van der Waals surface area contributed by atoms with Crippen LogP contribution in [-0.2, 0) is 14.3 Å². The Hall–Kier alpha value is -3.80. The van der Waals surface area contributed by atoms with E-state index in [1.54, 1.807) is 74.7 Å². The minimum atomic E-state index is -1.14. The molecule has 6 heteroatoms. The molecule has 0 fully saturated rings. The lowest BCUT2D eigenvalue weighted by atomic mass is 10.1. The van der Waals surface area contributed by atoms with Crippen LogP contribution in [0.5, 0.6) is 11.5 Å². The number of hydrogen-bond acceptors (Lipinski definition) is 5. The molecule has 31 heavy (non-hydrogen) atoms. The highest BCUT2D eigenvalue weighted by atomic mass is 16.6. The Morgan fingerprint density at radius 2 is 1.58 bits per heavy atom. The molecule has 0 aliphatic rings. The van der Waals surface area contributed by atoms with Crippen molar-refractivity contribution in [1.29, 1.82) is 0 Å². The molecule has 0 saturated heterocycles. The molecule has 6 nitrogen and oxygen atoms in total. The minimum Gasteiger partial charge on any atom is -0.497 e. The number of anilines is 1. The first kappa shape index (κ1) is 21.9. The molecule has 0 heterocycles. The first-order chi connectivity index (χ1) is 15.0. The molecule has 0 bridgehead atoms. The second kappa shape index (κ2) is 10.3. The minimum absolute atomic E-state index is 0.477. The molecule has 0 radical (unpaired) electrons. The van der Waals surface area contributed by atoms with Crippen LogP contribution in [0, 0.1) is 6.92 Å². The van der Waals surface area contributed by atoms with Gasteiger partial charge in [0.2, 0.25) is 6.10 Å². The Bertz CT molecular complexity index is 1020. The van der Waals surface area contributed by atoms with Crippen LogP contribution in [0.4, 0.5) is 5.69 Å². The van der Waals surface area contributed by atoms with Gasteiger partial charge >= 0.3 is 5.97 Å². The van der Waals surface area contributed by atoms with Gasteiger partial charge in [-0.3, -0.25) is 4.79 Å². The molecule has 0 saturated carbocycles. The van der Waals surface area contributed by atoms with E-state index in [-0.39, 0.29) is 0 Å². The van der Waals surface area contributed by atoms with E-state index in [1.807, 2.05) is 25.1 Å². The number of nitrogens with one attached hydrogen (secondary N) is 1. The van der Waals surface area contributed by atoms with Crippen LogP contribution in [0.3, 0.4) is 0 Å². The van der Waals surface area contributed by atoms with Crippen molar-refractivity contribution in [3.63, 3.8) is 0 Å². The normalized spacial score (nSPS) is 12.4. The first-order valence-electron chi connectivity index (χ1n) is 9.90. The molecule has 1 N–H and O–H groups in total. The molecule has 2 unspecified atom stereocenters. The number of amides is 1. The maximum Gasteiger partial charge on any atom is 0.348 e. The average Bonchev–Trinajstić information content (AvgIpc) is 2.79. The van der Waals surface area contributed by atoms with E-state index in [0.717, 1.165) is 5.56 Å². The van der Waals surface area contributed by atoms with Crippen LogP contribution in [0.1, 0.15) is 24.2 Å². The predicted molar refractivity (Wildman–Crippen MR) is 118 cm³/mol. The van der Waals surface area contributed by atoms with E-state index >= 15 is 0 Å². The zero-order valence-electron chi connectivity index (χ0n) is 17.7. The van der Waals surface area contributed by atoms with E-state index in [0.29, 0.717) is 22.7 Å². The SMILES string of the molecule is COc1cccc(NC(=O)C(OC(=O)C(C)Oc2ccc(C)cc2)c2ccccc2)c1. The number of rotatable bonds is 8. The summed E-state index contributed by atoms with van der Waals surface area (Å²) in [7, 11) is 1.55. The lowest BCUT2D eigenvalue weighted by Crippen LogP contribution is -2.32. The molecular weight excluding hydrogens is 394 g/mol. The van der Waals surface area contributed by atoms with Crippen molar-refractivity contribution in [2.45, 2.75) is 26.1 Å². The Morgan fingerprint density at radius 1 is 0.871 bits per heavy atom. The standard InChI is InChI=1S/C25H25NO5/c1-17-12-14-21(15-13-17)30-18(2)25(28)31-23(19-8-5-4-6-9-19)24(27)26-20-10-7-11-22(16-20)29-3/h4-16,18,23H,1-3H3,(H,26,27). The second-order valence-corrected chi connectivity index (χ2v) is 7.02. The summed E-state index contributed by atoms with van der Waals surface area (Å²) in [5.41, 5.74) is 2.17. The molecule has 2 atom stereocenters. The van der Waals surface area contributed by atoms with E-state index in [4.69, 9.17) is 14.2 Å². The number of carbonyl (C=O) groups is 2. The highest BCUT2D eigenvalue weighted by molar-refractivity contribution is 5.96. The van der Waals surface area contributed by atoms with E-state index < -0.39 is 24.1 Å². The monoisotopic (exact) mass is 419 g/mol. The molecule has 0 spiro atoms. The molecular formula is C25H25NO5. The van der Waals surface area contributed by atoms with Gasteiger partial charge in [0.15, 0.2) is 6.10 Å². The molecule has 0 aliphatic carbocycles. The fourth-order valence-corrected chi connectivity index (χ4v) is 2.89. The summed E-state index contributed by atoms with van der Waals surface area (Å²) in [5, 5.41) is 2.78. The van der Waals surface area contributed by atoms with Gasteiger partial charge in [-0.25, -0.2) is 4.79 Å². The summed E-state index contributed by atoms with van der Waals surface area (Å²) in [4.78, 5) is 25.7. The Labute approximate surface area is 181 Å². The summed E-state index contributed by atoms with van der Waals surface area (Å²) in [6.45, 7) is 3.55. The van der Waals surface area contributed by atoms with Crippen LogP contribution in [0.2, 0.25) is 0 Å². The van der Waals surface area contributed by atoms with Crippen LogP contribution < -0.4 is 14.8 Å². The number of ether oxygens (including phenoxy) is 3.